The maximum Gasteiger partial charge on any atom is 0.243 e. The zero-order chi connectivity index (χ0) is 13.6. The van der Waals surface area contributed by atoms with E-state index in [2.05, 4.69) is 5.32 Å². The summed E-state index contributed by atoms with van der Waals surface area (Å²) in [6.45, 7) is 3.99. The molecule has 0 aliphatic carbocycles. The molecule has 0 amide bonds. The normalized spacial score (nSPS) is 12.2. The van der Waals surface area contributed by atoms with Gasteiger partial charge in [0.1, 0.15) is 0 Å². The standard InChI is InChI=1S/C11H20N2O2S3/c1-4-12-9-10-11(5-7-17-10)18(14,15)13(2)6-8-16-3/h5,7,12H,4,6,8-9H2,1-3H3. The number of hydrogen-bond donors (Lipinski definition) is 1. The van der Waals surface area contributed by atoms with E-state index < -0.39 is 10.0 Å². The minimum absolute atomic E-state index is 0.442. The molecule has 0 aliphatic rings. The van der Waals surface area contributed by atoms with Crippen LogP contribution in [0.3, 0.4) is 0 Å². The Morgan fingerprint density at radius 1 is 1.50 bits per heavy atom. The predicted octanol–water partition coefficient (Wildman–Crippen LogP) is 1.84. The smallest absolute Gasteiger partial charge is 0.243 e. The van der Waals surface area contributed by atoms with Crippen LogP contribution in [0.15, 0.2) is 16.3 Å². The molecule has 1 N–H and O–H groups in total. The van der Waals surface area contributed by atoms with Crippen molar-refractivity contribution in [2.75, 3.05) is 32.1 Å². The Kier molecular flexibility index (Phi) is 6.65. The highest BCUT2D eigenvalue weighted by Crippen LogP contribution is 2.24. The minimum atomic E-state index is -3.34. The molecule has 0 aliphatic heterocycles. The monoisotopic (exact) mass is 308 g/mol. The number of thioether (sulfide) groups is 1. The van der Waals surface area contributed by atoms with Gasteiger partial charge < -0.3 is 5.32 Å². The fourth-order valence-electron chi connectivity index (χ4n) is 1.43. The molecule has 0 fully saturated rings. The van der Waals surface area contributed by atoms with Crippen molar-refractivity contribution in [2.24, 2.45) is 0 Å². The van der Waals surface area contributed by atoms with Crippen LogP contribution in [-0.2, 0) is 16.6 Å². The third kappa shape index (κ3) is 3.96. The molecule has 0 spiro atoms. The summed E-state index contributed by atoms with van der Waals surface area (Å²) in [4.78, 5) is 1.32. The molecule has 0 saturated carbocycles. The summed E-state index contributed by atoms with van der Waals surface area (Å²) in [5, 5.41) is 5.00. The highest BCUT2D eigenvalue weighted by molar-refractivity contribution is 7.98. The van der Waals surface area contributed by atoms with Crippen molar-refractivity contribution < 1.29 is 8.42 Å². The van der Waals surface area contributed by atoms with Crippen LogP contribution in [0.2, 0.25) is 0 Å². The van der Waals surface area contributed by atoms with Crippen LogP contribution < -0.4 is 5.32 Å². The predicted molar refractivity (Wildman–Crippen MR) is 79.9 cm³/mol. The van der Waals surface area contributed by atoms with Crippen molar-refractivity contribution in [3.05, 3.63) is 16.3 Å². The van der Waals surface area contributed by atoms with Crippen LogP contribution in [-0.4, -0.2) is 44.9 Å². The van der Waals surface area contributed by atoms with E-state index in [0.29, 0.717) is 18.0 Å². The first-order valence-corrected chi connectivity index (χ1v) is 9.47. The maximum absolute atomic E-state index is 12.4. The molecule has 0 aromatic carbocycles. The van der Waals surface area contributed by atoms with Crippen molar-refractivity contribution in [3.8, 4) is 0 Å². The first kappa shape index (κ1) is 16.0. The fourth-order valence-corrected chi connectivity index (χ4v) is 4.56. The maximum atomic E-state index is 12.4. The molecule has 0 unspecified atom stereocenters. The molecule has 0 bridgehead atoms. The molecule has 1 heterocycles. The third-order valence-corrected chi connectivity index (χ3v) is 6.12. The van der Waals surface area contributed by atoms with E-state index in [9.17, 15) is 8.42 Å². The molecule has 7 heteroatoms. The van der Waals surface area contributed by atoms with Crippen molar-refractivity contribution in [1.29, 1.82) is 0 Å². The van der Waals surface area contributed by atoms with Gasteiger partial charge in [-0.1, -0.05) is 6.92 Å². The lowest BCUT2D eigenvalue weighted by Gasteiger charge is -2.17. The van der Waals surface area contributed by atoms with Gasteiger partial charge in [-0.15, -0.1) is 11.3 Å². The van der Waals surface area contributed by atoms with Gasteiger partial charge in [0.2, 0.25) is 10.0 Å². The van der Waals surface area contributed by atoms with Gasteiger partial charge in [-0.2, -0.15) is 11.8 Å². The molecule has 1 aromatic heterocycles. The molecule has 0 radical (unpaired) electrons. The van der Waals surface area contributed by atoms with Gasteiger partial charge in [-0.3, -0.25) is 0 Å². The third-order valence-electron chi connectivity index (χ3n) is 2.54. The number of rotatable bonds is 8. The van der Waals surface area contributed by atoms with E-state index >= 15 is 0 Å². The van der Waals surface area contributed by atoms with Crippen molar-refractivity contribution in [1.82, 2.24) is 9.62 Å². The summed E-state index contributed by atoms with van der Waals surface area (Å²) < 4.78 is 26.2. The molecule has 0 atom stereocenters. The molecule has 104 valence electrons. The summed E-state index contributed by atoms with van der Waals surface area (Å²) in [7, 11) is -1.70. The van der Waals surface area contributed by atoms with Crippen LogP contribution >= 0.6 is 23.1 Å². The van der Waals surface area contributed by atoms with Crippen LogP contribution in [0.1, 0.15) is 11.8 Å². The summed E-state index contributed by atoms with van der Waals surface area (Å²) >= 11 is 3.13. The number of sulfonamides is 1. The average Bonchev–Trinajstić information content (AvgIpc) is 2.82. The van der Waals surface area contributed by atoms with Crippen molar-refractivity contribution in [2.45, 2.75) is 18.4 Å². The molecular weight excluding hydrogens is 288 g/mol. The molecule has 1 rings (SSSR count). The lowest BCUT2D eigenvalue weighted by molar-refractivity contribution is 0.488. The van der Waals surface area contributed by atoms with Gasteiger partial charge in [0, 0.05) is 30.8 Å². The lowest BCUT2D eigenvalue weighted by atomic mass is 10.4. The van der Waals surface area contributed by atoms with Gasteiger partial charge >= 0.3 is 0 Å². The van der Waals surface area contributed by atoms with Gasteiger partial charge in [0.05, 0.1) is 4.90 Å². The highest BCUT2D eigenvalue weighted by atomic mass is 32.2. The molecule has 4 nitrogen and oxygen atoms in total. The van der Waals surface area contributed by atoms with Gasteiger partial charge in [-0.25, -0.2) is 12.7 Å². The van der Waals surface area contributed by atoms with Gasteiger partial charge in [-0.05, 0) is 24.2 Å². The van der Waals surface area contributed by atoms with E-state index in [1.807, 2.05) is 18.6 Å². The topological polar surface area (TPSA) is 49.4 Å². The van der Waals surface area contributed by atoms with Crippen LogP contribution in [0.25, 0.3) is 0 Å². The number of nitrogens with zero attached hydrogens (tertiary/aromatic N) is 1. The van der Waals surface area contributed by atoms with Gasteiger partial charge in [0.15, 0.2) is 0 Å². The van der Waals surface area contributed by atoms with Crippen LogP contribution in [0, 0.1) is 0 Å². The Labute approximate surface area is 118 Å². The second-order valence-corrected chi connectivity index (χ2v) is 7.81. The quantitative estimate of drug-likeness (QED) is 0.796. The molecular formula is C11H20N2O2S3. The summed E-state index contributed by atoms with van der Waals surface area (Å²) in [5.41, 5.74) is 0. The summed E-state index contributed by atoms with van der Waals surface area (Å²) in [6.07, 6.45) is 1.97. The van der Waals surface area contributed by atoms with E-state index in [1.54, 1.807) is 24.9 Å². The van der Waals surface area contributed by atoms with E-state index in [4.69, 9.17) is 0 Å². The largest absolute Gasteiger partial charge is 0.312 e. The SMILES string of the molecule is CCNCc1sccc1S(=O)(=O)N(C)CCSC. The number of hydrogen-bond acceptors (Lipinski definition) is 5. The average molecular weight is 308 g/mol. The van der Waals surface area contributed by atoms with Crippen LogP contribution in [0.4, 0.5) is 0 Å². The molecule has 0 saturated heterocycles. The summed E-state index contributed by atoms with van der Waals surface area (Å²) in [6, 6.07) is 1.70. The number of nitrogens with one attached hydrogen (secondary N) is 1. The van der Waals surface area contributed by atoms with E-state index in [0.717, 1.165) is 17.2 Å². The Bertz CT molecular complexity index is 457. The van der Waals surface area contributed by atoms with E-state index in [1.165, 1.54) is 15.6 Å². The minimum Gasteiger partial charge on any atom is -0.312 e. The van der Waals surface area contributed by atoms with Crippen molar-refractivity contribution >= 4 is 33.1 Å². The fraction of sp³-hybridized carbons (Fsp3) is 0.636. The summed E-state index contributed by atoms with van der Waals surface area (Å²) in [5.74, 6) is 0.808. The second-order valence-electron chi connectivity index (χ2n) is 3.81. The molecule has 1 aromatic rings. The Hall–Kier alpha value is -0.0800. The first-order chi connectivity index (χ1) is 8.54. The van der Waals surface area contributed by atoms with E-state index in [-0.39, 0.29) is 0 Å². The Balaban J connectivity index is 2.87. The highest BCUT2D eigenvalue weighted by Gasteiger charge is 2.24. The first-order valence-electron chi connectivity index (χ1n) is 5.76. The Morgan fingerprint density at radius 3 is 2.83 bits per heavy atom. The second kappa shape index (κ2) is 7.49. The van der Waals surface area contributed by atoms with Gasteiger partial charge in [0.25, 0.3) is 0 Å². The number of thiophene rings is 1. The molecule has 18 heavy (non-hydrogen) atoms. The lowest BCUT2D eigenvalue weighted by Crippen LogP contribution is -2.29. The van der Waals surface area contributed by atoms with Crippen LogP contribution in [0.5, 0.6) is 0 Å². The van der Waals surface area contributed by atoms with Crippen molar-refractivity contribution in [3.63, 3.8) is 0 Å². The zero-order valence-corrected chi connectivity index (χ0v) is 13.4. The zero-order valence-electron chi connectivity index (χ0n) is 11.0. The Morgan fingerprint density at radius 2 is 2.22 bits per heavy atom.